The van der Waals surface area contributed by atoms with Crippen molar-refractivity contribution in [2.75, 3.05) is 4.72 Å². The quantitative estimate of drug-likeness (QED) is 0.893. The van der Waals surface area contributed by atoms with Gasteiger partial charge in [-0.15, -0.1) is 0 Å². The van der Waals surface area contributed by atoms with E-state index in [1.807, 2.05) is 0 Å². The minimum Gasteiger partial charge on any atom is -0.280 e. The van der Waals surface area contributed by atoms with Crippen LogP contribution < -0.4 is 4.72 Å². The maximum Gasteiger partial charge on any atom is 0.261 e. The predicted molar refractivity (Wildman–Crippen MR) is 76.4 cm³/mol. The average Bonchev–Trinajstić information content (AvgIpc) is 2.33. The molecule has 2 aromatic carbocycles. The standard InChI is InChI=1S/C12H8BrClFNO2S/c13-8-2-1-3-10(6-8)19(17,18)16-9-4-5-12(15)11(14)7-9/h1-7,16H. The summed E-state index contributed by atoms with van der Waals surface area (Å²) < 4.78 is 40.1. The van der Waals surface area contributed by atoms with Gasteiger partial charge in [-0.25, -0.2) is 12.8 Å². The lowest BCUT2D eigenvalue weighted by atomic mass is 10.3. The van der Waals surface area contributed by atoms with E-state index < -0.39 is 15.8 Å². The monoisotopic (exact) mass is 363 g/mol. The Hall–Kier alpha value is -1.11. The van der Waals surface area contributed by atoms with Crippen LogP contribution in [0.15, 0.2) is 51.8 Å². The van der Waals surface area contributed by atoms with E-state index in [1.54, 1.807) is 12.1 Å². The van der Waals surface area contributed by atoms with E-state index in [2.05, 4.69) is 20.7 Å². The smallest absolute Gasteiger partial charge is 0.261 e. The second-order valence-corrected chi connectivity index (χ2v) is 6.70. The summed E-state index contributed by atoms with van der Waals surface area (Å²) in [4.78, 5) is 0.0994. The van der Waals surface area contributed by atoms with E-state index in [-0.39, 0.29) is 15.6 Å². The summed E-state index contributed by atoms with van der Waals surface area (Å²) >= 11 is 8.79. The minimum atomic E-state index is -3.73. The SMILES string of the molecule is O=S(=O)(Nc1ccc(F)c(Cl)c1)c1cccc(Br)c1. The third-order valence-electron chi connectivity index (χ3n) is 2.28. The fourth-order valence-electron chi connectivity index (χ4n) is 1.41. The third-order valence-corrected chi connectivity index (χ3v) is 4.44. The summed E-state index contributed by atoms with van der Waals surface area (Å²) in [6, 6.07) is 9.86. The van der Waals surface area contributed by atoms with Crippen molar-refractivity contribution in [3.05, 3.63) is 57.8 Å². The Labute approximate surface area is 123 Å². The lowest BCUT2D eigenvalue weighted by Gasteiger charge is -2.08. The largest absolute Gasteiger partial charge is 0.280 e. The number of hydrogen-bond donors (Lipinski definition) is 1. The van der Waals surface area contributed by atoms with Gasteiger partial charge in [-0.1, -0.05) is 33.6 Å². The first kappa shape index (κ1) is 14.3. The molecule has 0 fully saturated rings. The van der Waals surface area contributed by atoms with Crippen molar-refractivity contribution in [3.8, 4) is 0 Å². The highest BCUT2D eigenvalue weighted by molar-refractivity contribution is 9.10. The van der Waals surface area contributed by atoms with Gasteiger partial charge in [0.1, 0.15) is 5.82 Å². The lowest BCUT2D eigenvalue weighted by molar-refractivity contribution is 0.601. The summed E-state index contributed by atoms with van der Waals surface area (Å²) in [7, 11) is -3.73. The van der Waals surface area contributed by atoms with Gasteiger partial charge in [-0.3, -0.25) is 4.72 Å². The second kappa shape index (κ2) is 5.48. The Balaban J connectivity index is 2.33. The van der Waals surface area contributed by atoms with E-state index in [4.69, 9.17) is 11.6 Å². The first-order chi connectivity index (χ1) is 8.88. The molecule has 0 unspecified atom stereocenters. The predicted octanol–water partition coefficient (Wildman–Crippen LogP) is 4.04. The zero-order chi connectivity index (χ0) is 14.0. The first-order valence-corrected chi connectivity index (χ1v) is 7.77. The van der Waals surface area contributed by atoms with Gasteiger partial charge in [0.05, 0.1) is 15.6 Å². The van der Waals surface area contributed by atoms with Crippen LogP contribution in [0.4, 0.5) is 10.1 Å². The van der Waals surface area contributed by atoms with Gasteiger partial charge in [0, 0.05) is 4.47 Å². The molecule has 0 atom stereocenters. The summed E-state index contributed by atoms with van der Waals surface area (Å²) in [5.41, 5.74) is 0.200. The van der Waals surface area contributed by atoms with Crippen LogP contribution in [-0.4, -0.2) is 8.42 Å². The van der Waals surface area contributed by atoms with E-state index in [0.29, 0.717) is 4.47 Å². The molecular formula is C12H8BrClFNO2S. The highest BCUT2D eigenvalue weighted by atomic mass is 79.9. The number of sulfonamides is 1. The fourth-order valence-corrected chi connectivity index (χ4v) is 3.23. The zero-order valence-corrected chi connectivity index (χ0v) is 12.6. The molecule has 0 heterocycles. The summed E-state index contributed by atoms with van der Waals surface area (Å²) in [5, 5.41) is -0.144. The molecule has 0 aliphatic heterocycles. The first-order valence-electron chi connectivity index (χ1n) is 5.12. The topological polar surface area (TPSA) is 46.2 Å². The van der Waals surface area contributed by atoms with Gasteiger partial charge >= 0.3 is 0 Å². The molecule has 0 saturated heterocycles. The maximum atomic E-state index is 13.0. The number of benzene rings is 2. The van der Waals surface area contributed by atoms with Crippen LogP contribution in [0.5, 0.6) is 0 Å². The molecule has 7 heteroatoms. The number of rotatable bonds is 3. The maximum absolute atomic E-state index is 13.0. The Bertz CT molecular complexity index is 721. The van der Waals surface area contributed by atoms with Crippen molar-refractivity contribution >= 4 is 43.2 Å². The van der Waals surface area contributed by atoms with Crippen LogP contribution in [0.1, 0.15) is 0 Å². The van der Waals surface area contributed by atoms with Crippen molar-refractivity contribution < 1.29 is 12.8 Å². The Kier molecular flexibility index (Phi) is 4.13. The van der Waals surface area contributed by atoms with Crippen LogP contribution in [0.25, 0.3) is 0 Å². The van der Waals surface area contributed by atoms with Gasteiger partial charge in [-0.05, 0) is 36.4 Å². The molecule has 0 bridgehead atoms. The van der Waals surface area contributed by atoms with Gasteiger partial charge < -0.3 is 0 Å². The third kappa shape index (κ3) is 3.46. The Morgan fingerprint density at radius 1 is 1.16 bits per heavy atom. The van der Waals surface area contributed by atoms with E-state index in [9.17, 15) is 12.8 Å². The highest BCUT2D eigenvalue weighted by Crippen LogP contribution is 2.23. The normalized spacial score (nSPS) is 11.3. The Morgan fingerprint density at radius 2 is 1.89 bits per heavy atom. The van der Waals surface area contributed by atoms with Crippen molar-refractivity contribution in [3.63, 3.8) is 0 Å². The molecule has 0 aliphatic rings. The molecule has 0 spiro atoms. The molecule has 0 aliphatic carbocycles. The number of halogens is 3. The second-order valence-electron chi connectivity index (χ2n) is 3.69. The molecule has 3 nitrogen and oxygen atoms in total. The molecule has 0 aromatic heterocycles. The van der Waals surface area contributed by atoms with Gasteiger partial charge in [0.15, 0.2) is 0 Å². The van der Waals surface area contributed by atoms with E-state index in [0.717, 1.165) is 6.07 Å². The average molecular weight is 365 g/mol. The van der Waals surface area contributed by atoms with Gasteiger partial charge in [0.2, 0.25) is 0 Å². The summed E-state index contributed by atoms with van der Waals surface area (Å²) in [5.74, 6) is -0.605. The van der Waals surface area contributed by atoms with Crippen molar-refractivity contribution in [2.24, 2.45) is 0 Å². The van der Waals surface area contributed by atoms with Crippen LogP contribution in [0.3, 0.4) is 0 Å². The minimum absolute atomic E-state index is 0.0994. The van der Waals surface area contributed by atoms with Crippen molar-refractivity contribution in [1.29, 1.82) is 0 Å². The molecule has 100 valence electrons. The fraction of sp³-hybridized carbons (Fsp3) is 0. The van der Waals surface area contributed by atoms with Crippen LogP contribution in [0.2, 0.25) is 5.02 Å². The van der Waals surface area contributed by atoms with Crippen molar-refractivity contribution in [1.82, 2.24) is 0 Å². The van der Waals surface area contributed by atoms with E-state index in [1.165, 1.54) is 24.3 Å². The zero-order valence-electron chi connectivity index (χ0n) is 9.40. The number of anilines is 1. The van der Waals surface area contributed by atoms with Crippen molar-refractivity contribution in [2.45, 2.75) is 4.90 Å². The van der Waals surface area contributed by atoms with E-state index >= 15 is 0 Å². The molecular weight excluding hydrogens is 357 g/mol. The Morgan fingerprint density at radius 3 is 2.53 bits per heavy atom. The van der Waals surface area contributed by atoms with Crippen LogP contribution in [0, 0.1) is 5.82 Å². The molecule has 0 saturated carbocycles. The number of hydrogen-bond acceptors (Lipinski definition) is 2. The summed E-state index contributed by atoms with van der Waals surface area (Å²) in [6.45, 7) is 0. The van der Waals surface area contributed by atoms with Gasteiger partial charge in [0.25, 0.3) is 10.0 Å². The molecule has 0 radical (unpaired) electrons. The van der Waals surface area contributed by atoms with Crippen LogP contribution in [-0.2, 0) is 10.0 Å². The molecule has 1 N–H and O–H groups in total. The summed E-state index contributed by atoms with van der Waals surface area (Å²) in [6.07, 6.45) is 0. The van der Waals surface area contributed by atoms with Gasteiger partial charge in [-0.2, -0.15) is 0 Å². The highest BCUT2D eigenvalue weighted by Gasteiger charge is 2.15. The van der Waals surface area contributed by atoms with Crippen LogP contribution >= 0.6 is 27.5 Å². The molecule has 19 heavy (non-hydrogen) atoms. The number of nitrogens with one attached hydrogen (secondary N) is 1. The molecule has 2 aromatic rings. The molecule has 2 rings (SSSR count). The molecule has 0 amide bonds. The lowest BCUT2D eigenvalue weighted by Crippen LogP contribution is -2.12.